The van der Waals surface area contributed by atoms with Crippen molar-refractivity contribution in [3.8, 4) is 11.4 Å². The lowest BCUT2D eigenvalue weighted by atomic mass is 10.0. The van der Waals surface area contributed by atoms with Crippen LogP contribution < -0.4 is 9.64 Å². The number of ether oxygens (including phenoxy) is 1. The Bertz CT molecular complexity index is 1130. The molecule has 0 N–H and O–H groups in total. The van der Waals surface area contributed by atoms with Crippen LogP contribution in [0.2, 0.25) is 0 Å². The summed E-state index contributed by atoms with van der Waals surface area (Å²) in [6.45, 7) is -0.0955. The number of methoxy groups -OCH3 is 1. The van der Waals surface area contributed by atoms with Gasteiger partial charge in [0.05, 0.1) is 18.5 Å². The summed E-state index contributed by atoms with van der Waals surface area (Å²) < 4.78 is 61.7. The Balaban J connectivity index is 1.86. The molecule has 3 aromatic rings. The number of carbonyl (C=O) groups is 1. The molecule has 0 radical (unpaired) electrons. The predicted molar refractivity (Wildman–Crippen MR) is 105 cm³/mol. The normalized spacial score (nSPS) is 14.1. The Kier molecular flexibility index (Phi) is 5.05. The zero-order valence-electron chi connectivity index (χ0n) is 15.5. The number of alkyl halides is 3. The van der Waals surface area contributed by atoms with Gasteiger partial charge in [0.1, 0.15) is 17.3 Å². The molecule has 1 aromatic heterocycles. The molecule has 0 atom stereocenters. The molecule has 1 amide bonds. The van der Waals surface area contributed by atoms with Gasteiger partial charge in [0.2, 0.25) is 0 Å². The molecule has 2 heterocycles. The molecule has 2 aromatic carbocycles. The van der Waals surface area contributed by atoms with Gasteiger partial charge < -0.3 is 9.64 Å². The van der Waals surface area contributed by atoms with E-state index in [0.29, 0.717) is 10.2 Å². The Morgan fingerprint density at radius 3 is 2.43 bits per heavy atom. The number of hydrogen-bond acceptors (Lipinski definition) is 3. The molecule has 0 unspecified atom stereocenters. The Morgan fingerprint density at radius 2 is 1.83 bits per heavy atom. The number of halogens is 5. The van der Waals surface area contributed by atoms with Crippen molar-refractivity contribution in [1.82, 2.24) is 9.78 Å². The minimum absolute atomic E-state index is 0.00936. The van der Waals surface area contributed by atoms with Crippen LogP contribution in [0, 0.1) is 5.82 Å². The topological polar surface area (TPSA) is 47.4 Å². The predicted octanol–water partition coefficient (Wildman–Crippen LogP) is 5.00. The van der Waals surface area contributed by atoms with Gasteiger partial charge in [-0.15, -0.1) is 0 Å². The molecule has 4 rings (SSSR count). The molecule has 0 bridgehead atoms. The van der Waals surface area contributed by atoms with E-state index in [1.165, 1.54) is 31.4 Å². The summed E-state index contributed by atoms with van der Waals surface area (Å²) in [5, 5.41) is 3.71. The van der Waals surface area contributed by atoms with Gasteiger partial charge in [-0.3, -0.25) is 4.79 Å². The molecule has 10 heteroatoms. The summed E-state index contributed by atoms with van der Waals surface area (Å²) in [6, 6.07) is 10.3. The minimum Gasteiger partial charge on any atom is -0.497 e. The van der Waals surface area contributed by atoms with Crippen LogP contribution in [0.25, 0.3) is 5.69 Å². The monoisotopic (exact) mass is 483 g/mol. The number of benzene rings is 2. The van der Waals surface area contributed by atoms with Crippen molar-refractivity contribution in [2.75, 3.05) is 18.6 Å². The third-order valence-electron chi connectivity index (χ3n) is 4.80. The van der Waals surface area contributed by atoms with Gasteiger partial charge in [0, 0.05) is 16.6 Å². The summed E-state index contributed by atoms with van der Waals surface area (Å²) in [6.07, 6.45) is -4.84. The van der Waals surface area contributed by atoms with Gasteiger partial charge in [0.25, 0.3) is 5.91 Å². The molecule has 0 aliphatic carbocycles. The number of carbonyl (C=O) groups excluding carboxylic acids is 1. The van der Waals surface area contributed by atoms with Gasteiger partial charge in [-0.2, -0.15) is 18.3 Å². The third-order valence-corrected chi connectivity index (χ3v) is 5.30. The van der Waals surface area contributed by atoms with E-state index in [4.69, 9.17) is 4.74 Å². The quantitative estimate of drug-likeness (QED) is 0.492. The second-order valence-electron chi connectivity index (χ2n) is 6.59. The molecule has 1 aliphatic rings. The second-order valence-corrected chi connectivity index (χ2v) is 7.50. The van der Waals surface area contributed by atoms with E-state index in [1.54, 1.807) is 18.2 Å². The van der Waals surface area contributed by atoms with Crippen molar-refractivity contribution in [3.05, 3.63) is 69.7 Å². The summed E-state index contributed by atoms with van der Waals surface area (Å²) in [5.74, 6) is -0.912. The van der Waals surface area contributed by atoms with Gasteiger partial charge in [-0.05, 0) is 48.9 Å². The summed E-state index contributed by atoms with van der Waals surface area (Å²) in [4.78, 5) is 14.3. The highest BCUT2D eigenvalue weighted by molar-refractivity contribution is 9.10. The van der Waals surface area contributed by atoms with Crippen LogP contribution in [0.15, 0.2) is 46.9 Å². The zero-order valence-corrected chi connectivity index (χ0v) is 17.1. The van der Waals surface area contributed by atoms with Crippen molar-refractivity contribution in [1.29, 1.82) is 0 Å². The maximum atomic E-state index is 14.4. The molecule has 0 saturated heterocycles. The van der Waals surface area contributed by atoms with E-state index in [-0.39, 0.29) is 35.6 Å². The van der Waals surface area contributed by atoms with E-state index in [0.717, 1.165) is 9.58 Å². The van der Waals surface area contributed by atoms with Crippen molar-refractivity contribution in [3.63, 3.8) is 0 Å². The SMILES string of the molecule is COc1ccc(-n2nc(C(F)(F)F)c3c2C(=O)N(c2ccc(Br)cc2F)CC3)cc1. The average molecular weight is 484 g/mol. The largest absolute Gasteiger partial charge is 0.497 e. The number of fused-ring (bicyclic) bond motifs is 1. The average Bonchev–Trinajstić information content (AvgIpc) is 3.10. The first-order valence-electron chi connectivity index (χ1n) is 8.81. The van der Waals surface area contributed by atoms with Crippen molar-refractivity contribution < 1.29 is 27.1 Å². The van der Waals surface area contributed by atoms with Crippen LogP contribution >= 0.6 is 15.9 Å². The molecular weight excluding hydrogens is 470 g/mol. The van der Waals surface area contributed by atoms with E-state index < -0.39 is 23.6 Å². The summed E-state index contributed by atoms with van der Waals surface area (Å²) >= 11 is 3.15. The first-order valence-corrected chi connectivity index (χ1v) is 9.60. The lowest BCUT2D eigenvalue weighted by Crippen LogP contribution is -2.39. The number of anilines is 1. The lowest BCUT2D eigenvalue weighted by molar-refractivity contribution is -0.141. The fraction of sp³-hybridized carbons (Fsp3) is 0.200. The zero-order chi connectivity index (χ0) is 21.6. The van der Waals surface area contributed by atoms with Gasteiger partial charge in [-0.25, -0.2) is 9.07 Å². The highest BCUT2D eigenvalue weighted by Crippen LogP contribution is 2.37. The van der Waals surface area contributed by atoms with Gasteiger partial charge >= 0.3 is 6.18 Å². The fourth-order valence-corrected chi connectivity index (χ4v) is 3.76. The standard InChI is InChI=1S/C20H14BrF4N3O2/c1-30-13-5-3-12(4-6-13)28-17-14(18(26-28)20(23,24)25)8-9-27(19(17)29)16-7-2-11(21)10-15(16)22/h2-7,10H,8-9H2,1H3. The number of rotatable bonds is 3. The van der Waals surface area contributed by atoms with Crippen LogP contribution in [0.5, 0.6) is 5.75 Å². The van der Waals surface area contributed by atoms with Crippen LogP contribution in [0.3, 0.4) is 0 Å². The number of amides is 1. The smallest absolute Gasteiger partial charge is 0.435 e. The first kappa shape index (κ1) is 20.4. The fourth-order valence-electron chi connectivity index (χ4n) is 3.43. The van der Waals surface area contributed by atoms with E-state index in [9.17, 15) is 22.4 Å². The van der Waals surface area contributed by atoms with E-state index in [2.05, 4.69) is 21.0 Å². The van der Waals surface area contributed by atoms with E-state index >= 15 is 0 Å². The molecule has 1 aliphatic heterocycles. The van der Waals surface area contributed by atoms with Crippen LogP contribution in [-0.2, 0) is 12.6 Å². The molecule has 5 nitrogen and oxygen atoms in total. The number of hydrogen-bond donors (Lipinski definition) is 0. The third kappa shape index (κ3) is 3.45. The molecule has 0 fully saturated rings. The van der Waals surface area contributed by atoms with E-state index in [1.807, 2.05) is 0 Å². The molecule has 156 valence electrons. The van der Waals surface area contributed by atoms with Crippen molar-refractivity contribution >= 4 is 27.5 Å². The molecule has 0 saturated carbocycles. The van der Waals surface area contributed by atoms with Crippen LogP contribution in [0.1, 0.15) is 21.7 Å². The highest BCUT2D eigenvalue weighted by atomic mass is 79.9. The van der Waals surface area contributed by atoms with Crippen molar-refractivity contribution in [2.45, 2.75) is 12.6 Å². The highest BCUT2D eigenvalue weighted by Gasteiger charge is 2.43. The number of nitrogens with zero attached hydrogens (tertiary/aromatic N) is 3. The summed E-state index contributed by atoms with van der Waals surface area (Å²) in [7, 11) is 1.46. The molecule has 30 heavy (non-hydrogen) atoms. The molecule has 0 spiro atoms. The lowest BCUT2D eigenvalue weighted by Gasteiger charge is -2.28. The Labute approximate surface area is 177 Å². The summed E-state index contributed by atoms with van der Waals surface area (Å²) in [5.41, 5.74) is -1.30. The Morgan fingerprint density at radius 1 is 1.13 bits per heavy atom. The second kappa shape index (κ2) is 7.42. The van der Waals surface area contributed by atoms with Gasteiger partial charge in [-0.1, -0.05) is 15.9 Å². The molecular formula is C20H14BrF4N3O2. The van der Waals surface area contributed by atoms with Crippen molar-refractivity contribution in [2.24, 2.45) is 0 Å². The maximum absolute atomic E-state index is 14.4. The first-order chi connectivity index (χ1) is 14.2. The van der Waals surface area contributed by atoms with Crippen LogP contribution in [0.4, 0.5) is 23.2 Å². The maximum Gasteiger partial charge on any atom is 0.435 e. The van der Waals surface area contributed by atoms with Crippen LogP contribution in [-0.4, -0.2) is 29.3 Å². The van der Waals surface area contributed by atoms with Gasteiger partial charge in [0.15, 0.2) is 5.69 Å². The number of aromatic nitrogens is 2. The Hall–Kier alpha value is -2.88. The minimum atomic E-state index is -4.73.